The molecule has 0 saturated carbocycles. The van der Waals surface area contributed by atoms with Gasteiger partial charge >= 0.3 is 0 Å². The van der Waals surface area contributed by atoms with E-state index in [0.29, 0.717) is 63.6 Å². The summed E-state index contributed by atoms with van der Waals surface area (Å²) >= 11 is 0. The number of amides is 1. The van der Waals surface area contributed by atoms with Crippen LogP contribution in [-0.2, 0) is 6.42 Å². The van der Waals surface area contributed by atoms with Crippen molar-refractivity contribution < 1.29 is 28.8 Å². The molecule has 0 aliphatic carbocycles. The highest BCUT2D eigenvalue weighted by Gasteiger charge is 2.21. The lowest BCUT2D eigenvalue weighted by molar-refractivity contribution is 0.0932. The van der Waals surface area contributed by atoms with E-state index in [-0.39, 0.29) is 18.6 Å². The molecule has 4 rings (SSSR count). The van der Waals surface area contributed by atoms with Crippen LogP contribution in [0.2, 0.25) is 0 Å². The Morgan fingerprint density at radius 1 is 0.974 bits per heavy atom. The van der Waals surface area contributed by atoms with E-state index in [2.05, 4.69) is 10.3 Å². The van der Waals surface area contributed by atoms with Gasteiger partial charge in [-0.25, -0.2) is 4.98 Å². The van der Waals surface area contributed by atoms with Crippen LogP contribution < -0.4 is 24.3 Å². The van der Waals surface area contributed by atoms with Gasteiger partial charge in [0.05, 0.1) is 45.2 Å². The minimum atomic E-state index is -0.296. The van der Waals surface area contributed by atoms with Crippen LogP contribution in [0.15, 0.2) is 60.9 Å². The first-order valence-electron chi connectivity index (χ1n) is 12.1. The average molecular weight is 518 g/mol. The number of rotatable bonds is 11. The molecule has 0 saturated heterocycles. The van der Waals surface area contributed by atoms with Gasteiger partial charge in [-0.1, -0.05) is 6.07 Å². The molecular weight excluding hydrogens is 486 g/mol. The van der Waals surface area contributed by atoms with Crippen LogP contribution in [0.25, 0.3) is 22.2 Å². The van der Waals surface area contributed by atoms with E-state index in [9.17, 15) is 9.90 Å². The molecule has 4 aromatic rings. The van der Waals surface area contributed by atoms with Gasteiger partial charge < -0.3 is 29.4 Å². The largest absolute Gasteiger partial charge is 0.497 e. The Morgan fingerprint density at radius 2 is 1.74 bits per heavy atom. The van der Waals surface area contributed by atoms with Crippen molar-refractivity contribution in [2.45, 2.75) is 18.9 Å². The predicted octanol–water partition coefficient (Wildman–Crippen LogP) is 4.05. The Balaban J connectivity index is 1.80. The van der Waals surface area contributed by atoms with E-state index in [0.717, 1.165) is 5.56 Å². The van der Waals surface area contributed by atoms with Crippen molar-refractivity contribution in [1.29, 1.82) is 0 Å². The summed E-state index contributed by atoms with van der Waals surface area (Å²) in [5.74, 6) is 1.73. The summed E-state index contributed by atoms with van der Waals surface area (Å²) in [4.78, 5) is 22.7. The van der Waals surface area contributed by atoms with Gasteiger partial charge in [0.2, 0.25) is 5.75 Å². The van der Waals surface area contributed by atoms with Gasteiger partial charge in [-0.2, -0.15) is 0 Å². The Bertz CT molecular complexity index is 1390. The van der Waals surface area contributed by atoms with E-state index in [1.807, 2.05) is 18.2 Å². The van der Waals surface area contributed by atoms with E-state index < -0.39 is 0 Å². The number of ether oxygens (including phenoxy) is 4. The summed E-state index contributed by atoms with van der Waals surface area (Å²) in [5, 5.41) is 13.4. The van der Waals surface area contributed by atoms with Crippen molar-refractivity contribution in [3.05, 3.63) is 72.1 Å². The summed E-state index contributed by atoms with van der Waals surface area (Å²) in [7, 11) is 6.20. The van der Waals surface area contributed by atoms with Crippen molar-refractivity contribution >= 4 is 16.8 Å². The molecule has 0 unspecified atom stereocenters. The highest BCUT2D eigenvalue weighted by Crippen LogP contribution is 2.41. The van der Waals surface area contributed by atoms with Crippen LogP contribution in [0, 0.1) is 0 Å². The van der Waals surface area contributed by atoms with Gasteiger partial charge in [0.25, 0.3) is 5.91 Å². The molecule has 2 aromatic heterocycles. The maximum absolute atomic E-state index is 13.7. The normalized spacial score (nSPS) is 11.6. The third-order valence-electron chi connectivity index (χ3n) is 6.24. The fraction of sp³-hybridized carbons (Fsp3) is 0.276. The summed E-state index contributed by atoms with van der Waals surface area (Å²) in [6, 6.07) is 14.2. The first-order chi connectivity index (χ1) is 18.5. The highest BCUT2D eigenvalue weighted by molar-refractivity contribution is 6.07. The maximum atomic E-state index is 13.7. The molecule has 1 atom stereocenters. The number of nitrogens with one attached hydrogen (secondary N) is 1. The third-order valence-corrected chi connectivity index (χ3v) is 6.24. The number of carbonyl (C=O) groups excluding carboxylic acids is 1. The number of fused-ring (bicyclic) bond motifs is 1. The molecule has 2 heterocycles. The van der Waals surface area contributed by atoms with Gasteiger partial charge in [0, 0.05) is 36.0 Å². The maximum Gasteiger partial charge on any atom is 0.252 e. The lowest BCUT2D eigenvalue weighted by atomic mass is 10.0. The monoisotopic (exact) mass is 517 g/mol. The number of methoxy groups -OCH3 is 4. The SMILES string of the molecule is COc1ccc2nc(-c3cc(OC)c(OC)c(OC)c3)cc(C(=O)N[C@H](CCO)Cc3cccnc3)c2c1. The molecule has 9 heteroatoms. The zero-order chi connectivity index (χ0) is 27.1. The number of aliphatic hydroxyl groups is 1. The van der Waals surface area contributed by atoms with Crippen LogP contribution in [0.4, 0.5) is 0 Å². The second-order valence-electron chi connectivity index (χ2n) is 8.60. The van der Waals surface area contributed by atoms with Crippen LogP contribution in [0.5, 0.6) is 23.0 Å². The van der Waals surface area contributed by atoms with Gasteiger partial charge in [-0.15, -0.1) is 0 Å². The van der Waals surface area contributed by atoms with Gasteiger partial charge in [0.15, 0.2) is 11.5 Å². The number of pyridine rings is 2. The molecule has 0 spiro atoms. The molecule has 0 radical (unpaired) electrons. The minimum absolute atomic E-state index is 0.0627. The first kappa shape index (κ1) is 26.7. The van der Waals surface area contributed by atoms with Crippen molar-refractivity contribution in [1.82, 2.24) is 15.3 Å². The molecule has 2 N–H and O–H groups in total. The molecule has 38 heavy (non-hydrogen) atoms. The summed E-state index contributed by atoms with van der Waals surface area (Å²) < 4.78 is 21.9. The van der Waals surface area contributed by atoms with E-state index >= 15 is 0 Å². The number of hydrogen-bond acceptors (Lipinski definition) is 8. The summed E-state index contributed by atoms with van der Waals surface area (Å²) in [5.41, 5.74) is 3.25. The van der Waals surface area contributed by atoms with E-state index in [4.69, 9.17) is 23.9 Å². The fourth-order valence-corrected chi connectivity index (χ4v) is 4.34. The first-order valence-corrected chi connectivity index (χ1v) is 12.1. The smallest absolute Gasteiger partial charge is 0.252 e. The van der Waals surface area contributed by atoms with Crippen molar-refractivity contribution in [2.24, 2.45) is 0 Å². The molecule has 0 bridgehead atoms. The molecular formula is C29H31N3O6. The summed E-state index contributed by atoms with van der Waals surface area (Å²) in [6.45, 7) is -0.0627. The second kappa shape index (κ2) is 12.2. The Hall–Kier alpha value is -4.37. The Kier molecular flexibility index (Phi) is 8.60. The standard InChI is InChI=1S/C29H31N3O6/c1-35-21-7-8-24-22(15-21)23(29(34)31-20(9-11-33)12-18-6-5-10-30-17-18)16-25(32-24)19-13-26(36-2)28(38-4)27(14-19)37-3/h5-8,10,13-17,20,33H,9,11-12H2,1-4H3,(H,31,34)/t20-/m1/s1. The van der Waals surface area contributed by atoms with Crippen molar-refractivity contribution in [3.63, 3.8) is 0 Å². The number of benzene rings is 2. The Labute approximate surface area is 221 Å². The van der Waals surface area contributed by atoms with Crippen molar-refractivity contribution in [3.8, 4) is 34.3 Å². The number of nitrogens with zero attached hydrogens (tertiary/aromatic N) is 2. The van der Waals surface area contributed by atoms with Gasteiger partial charge in [0.1, 0.15) is 5.75 Å². The van der Waals surface area contributed by atoms with Crippen LogP contribution in [0.3, 0.4) is 0 Å². The number of hydrogen-bond donors (Lipinski definition) is 2. The van der Waals surface area contributed by atoms with Crippen LogP contribution >= 0.6 is 0 Å². The number of carbonyl (C=O) groups is 1. The predicted molar refractivity (Wildman–Crippen MR) is 144 cm³/mol. The van der Waals surface area contributed by atoms with Crippen LogP contribution in [0.1, 0.15) is 22.3 Å². The van der Waals surface area contributed by atoms with E-state index in [1.165, 1.54) is 0 Å². The second-order valence-corrected chi connectivity index (χ2v) is 8.60. The quantitative estimate of drug-likeness (QED) is 0.306. The molecule has 198 valence electrons. The molecule has 0 fully saturated rings. The van der Waals surface area contributed by atoms with Crippen LogP contribution in [-0.4, -0.2) is 62.1 Å². The number of aliphatic hydroxyl groups excluding tert-OH is 1. The summed E-state index contributed by atoms with van der Waals surface area (Å²) in [6.07, 6.45) is 4.38. The molecule has 9 nitrogen and oxygen atoms in total. The number of aromatic nitrogens is 2. The third kappa shape index (κ3) is 5.78. The lowest BCUT2D eigenvalue weighted by Crippen LogP contribution is -2.37. The molecule has 1 amide bonds. The highest BCUT2D eigenvalue weighted by atomic mass is 16.5. The molecule has 2 aromatic carbocycles. The zero-order valence-electron chi connectivity index (χ0n) is 21.9. The zero-order valence-corrected chi connectivity index (χ0v) is 21.9. The lowest BCUT2D eigenvalue weighted by Gasteiger charge is -2.19. The van der Waals surface area contributed by atoms with Gasteiger partial charge in [-0.3, -0.25) is 9.78 Å². The van der Waals surface area contributed by atoms with E-state index in [1.54, 1.807) is 71.2 Å². The minimum Gasteiger partial charge on any atom is -0.497 e. The molecule has 0 aliphatic rings. The van der Waals surface area contributed by atoms with Gasteiger partial charge in [-0.05, 0) is 60.9 Å². The molecule has 0 aliphatic heterocycles. The topological polar surface area (TPSA) is 112 Å². The Morgan fingerprint density at radius 3 is 2.34 bits per heavy atom. The van der Waals surface area contributed by atoms with Crippen molar-refractivity contribution in [2.75, 3.05) is 35.0 Å². The average Bonchev–Trinajstić information content (AvgIpc) is 2.95. The fourth-order valence-electron chi connectivity index (χ4n) is 4.34.